The molecule has 0 aliphatic heterocycles. The van der Waals surface area contributed by atoms with Gasteiger partial charge in [0.05, 0.1) is 6.61 Å². The van der Waals surface area contributed by atoms with Crippen LogP contribution in [0, 0.1) is 5.82 Å². The van der Waals surface area contributed by atoms with Crippen molar-refractivity contribution < 1.29 is 9.13 Å². The summed E-state index contributed by atoms with van der Waals surface area (Å²) in [5.74, 6) is -0.163. The normalized spacial score (nSPS) is 12.7. The second kappa shape index (κ2) is 8.08. The third kappa shape index (κ3) is 4.49. The topological polar surface area (TPSA) is 33.3 Å². The van der Waals surface area contributed by atoms with Gasteiger partial charge in [-0.05, 0) is 23.9 Å². The van der Waals surface area contributed by atoms with Gasteiger partial charge in [-0.15, -0.1) is 0 Å². The van der Waals surface area contributed by atoms with Crippen LogP contribution in [0.5, 0.6) is 0 Å². The first-order valence-electron chi connectivity index (χ1n) is 7.31. The Morgan fingerprint density at radius 1 is 1.14 bits per heavy atom. The van der Waals surface area contributed by atoms with E-state index in [-0.39, 0.29) is 5.82 Å². The Balaban J connectivity index is 1.93. The van der Waals surface area contributed by atoms with Crippen LogP contribution < -0.4 is 10.6 Å². The summed E-state index contributed by atoms with van der Waals surface area (Å²) in [6.07, 6.45) is 0. The molecule has 0 bridgehead atoms. The minimum atomic E-state index is -0.163. The average molecular weight is 290 g/mol. The molecule has 114 valence electrons. The maximum atomic E-state index is 13.8. The molecule has 0 spiro atoms. The lowest BCUT2D eigenvalue weighted by Crippen LogP contribution is -2.37. The van der Waals surface area contributed by atoms with E-state index in [2.05, 4.69) is 17.6 Å². The second-order valence-electron chi connectivity index (χ2n) is 5.23. The molecule has 0 heterocycles. The summed E-state index contributed by atoms with van der Waals surface area (Å²) in [7, 11) is 1.70. The Labute approximate surface area is 125 Å². The van der Waals surface area contributed by atoms with Gasteiger partial charge in [0, 0.05) is 38.2 Å². The van der Waals surface area contributed by atoms with Crippen molar-refractivity contribution in [3.05, 3.63) is 47.8 Å². The number of methoxy groups -OCH3 is 1. The fourth-order valence-corrected chi connectivity index (χ4v) is 2.33. The first kappa shape index (κ1) is 15.9. The van der Waals surface area contributed by atoms with E-state index >= 15 is 0 Å². The molecule has 21 heavy (non-hydrogen) atoms. The van der Waals surface area contributed by atoms with E-state index in [9.17, 15) is 4.39 Å². The molecule has 1 atom stereocenters. The van der Waals surface area contributed by atoms with Crippen LogP contribution in [0.25, 0.3) is 10.8 Å². The number of benzene rings is 2. The van der Waals surface area contributed by atoms with E-state index in [0.29, 0.717) is 11.4 Å². The van der Waals surface area contributed by atoms with Gasteiger partial charge in [0.2, 0.25) is 0 Å². The molecular weight excluding hydrogens is 267 g/mol. The Hall–Kier alpha value is -1.49. The van der Waals surface area contributed by atoms with Gasteiger partial charge in [-0.2, -0.15) is 0 Å². The molecular formula is C17H23FN2O. The van der Waals surface area contributed by atoms with E-state index in [1.54, 1.807) is 13.2 Å². The summed E-state index contributed by atoms with van der Waals surface area (Å²) in [6.45, 7) is 5.30. The standard InChI is InChI=1S/C17H23FN2O/c1-13(11-19-9-10-21-2)20-12-14-7-8-17(18)16-6-4-3-5-15(14)16/h3-8,13,19-20H,9-12H2,1-2H3. The first-order valence-corrected chi connectivity index (χ1v) is 7.31. The van der Waals surface area contributed by atoms with Crippen molar-refractivity contribution in [2.45, 2.75) is 19.5 Å². The molecule has 0 saturated heterocycles. The van der Waals surface area contributed by atoms with Crippen molar-refractivity contribution in [1.29, 1.82) is 0 Å². The first-order chi connectivity index (χ1) is 10.2. The van der Waals surface area contributed by atoms with Crippen LogP contribution >= 0.6 is 0 Å². The van der Waals surface area contributed by atoms with E-state index in [0.717, 1.165) is 37.2 Å². The highest BCUT2D eigenvalue weighted by atomic mass is 19.1. The molecule has 1 unspecified atom stereocenters. The smallest absolute Gasteiger partial charge is 0.131 e. The molecule has 2 aromatic carbocycles. The summed E-state index contributed by atoms with van der Waals surface area (Å²) >= 11 is 0. The van der Waals surface area contributed by atoms with E-state index in [1.165, 1.54) is 0 Å². The predicted molar refractivity (Wildman–Crippen MR) is 85.0 cm³/mol. The Morgan fingerprint density at radius 2 is 1.90 bits per heavy atom. The molecule has 3 nitrogen and oxygen atoms in total. The number of halogens is 1. The van der Waals surface area contributed by atoms with Crippen LogP contribution in [-0.2, 0) is 11.3 Å². The minimum absolute atomic E-state index is 0.163. The maximum Gasteiger partial charge on any atom is 0.131 e. The van der Waals surface area contributed by atoms with Crippen molar-refractivity contribution >= 4 is 10.8 Å². The zero-order valence-electron chi connectivity index (χ0n) is 12.7. The van der Waals surface area contributed by atoms with Crippen LogP contribution in [0.4, 0.5) is 4.39 Å². The van der Waals surface area contributed by atoms with Crippen molar-refractivity contribution in [1.82, 2.24) is 10.6 Å². The lowest BCUT2D eigenvalue weighted by molar-refractivity contribution is 0.198. The highest BCUT2D eigenvalue weighted by molar-refractivity contribution is 5.86. The molecule has 2 rings (SSSR count). The number of hydrogen-bond acceptors (Lipinski definition) is 3. The van der Waals surface area contributed by atoms with Gasteiger partial charge < -0.3 is 15.4 Å². The molecule has 0 fully saturated rings. The second-order valence-corrected chi connectivity index (χ2v) is 5.23. The summed E-state index contributed by atoms with van der Waals surface area (Å²) in [4.78, 5) is 0. The number of fused-ring (bicyclic) bond motifs is 1. The maximum absolute atomic E-state index is 13.8. The van der Waals surface area contributed by atoms with Crippen LogP contribution in [0.2, 0.25) is 0 Å². The van der Waals surface area contributed by atoms with E-state index < -0.39 is 0 Å². The molecule has 2 N–H and O–H groups in total. The number of rotatable bonds is 8. The zero-order chi connectivity index (χ0) is 15.1. The van der Waals surface area contributed by atoms with E-state index in [1.807, 2.05) is 30.3 Å². The van der Waals surface area contributed by atoms with Crippen LogP contribution in [-0.4, -0.2) is 32.8 Å². The van der Waals surface area contributed by atoms with Gasteiger partial charge in [-0.25, -0.2) is 4.39 Å². The Bertz CT molecular complexity index is 574. The van der Waals surface area contributed by atoms with Gasteiger partial charge in [0.1, 0.15) is 5.82 Å². The van der Waals surface area contributed by atoms with Crippen LogP contribution in [0.3, 0.4) is 0 Å². The lowest BCUT2D eigenvalue weighted by atomic mass is 10.0. The molecule has 0 aromatic heterocycles. The molecule has 0 aliphatic carbocycles. The largest absolute Gasteiger partial charge is 0.383 e. The zero-order valence-corrected chi connectivity index (χ0v) is 12.7. The van der Waals surface area contributed by atoms with Crippen LogP contribution in [0.1, 0.15) is 12.5 Å². The highest BCUT2D eigenvalue weighted by Crippen LogP contribution is 2.21. The predicted octanol–water partition coefficient (Wildman–Crippen LogP) is 2.69. The highest BCUT2D eigenvalue weighted by Gasteiger charge is 2.06. The summed E-state index contributed by atoms with van der Waals surface area (Å²) < 4.78 is 18.8. The van der Waals surface area contributed by atoms with Gasteiger partial charge in [0.15, 0.2) is 0 Å². The number of hydrogen-bond donors (Lipinski definition) is 2. The molecule has 0 saturated carbocycles. The molecule has 2 aromatic rings. The summed E-state index contributed by atoms with van der Waals surface area (Å²) in [5.41, 5.74) is 1.12. The number of nitrogens with one attached hydrogen (secondary N) is 2. The van der Waals surface area contributed by atoms with Crippen molar-refractivity contribution in [3.63, 3.8) is 0 Å². The average Bonchev–Trinajstić information content (AvgIpc) is 2.51. The van der Waals surface area contributed by atoms with Gasteiger partial charge in [-0.3, -0.25) is 0 Å². The van der Waals surface area contributed by atoms with Crippen molar-refractivity contribution in [3.8, 4) is 0 Å². The fourth-order valence-electron chi connectivity index (χ4n) is 2.33. The van der Waals surface area contributed by atoms with Gasteiger partial charge in [-0.1, -0.05) is 30.3 Å². The number of ether oxygens (including phenoxy) is 1. The molecule has 0 aliphatic rings. The lowest BCUT2D eigenvalue weighted by Gasteiger charge is -2.16. The summed E-state index contributed by atoms with van der Waals surface area (Å²) in [5, 5.41) is 8.44. The molecule has 0 radical (unpaired) electrons. The summed E-state index contributed by atoms with van der Waals surface area (Å²) in [6, 6.07) is 11.3. The fraction of sp³-hybridized carbons (Fsp3) is 0.412. The Kier molecular flexibility index (Phi) is 6.11. The molecule has 0 amide bonds. The van der Waals surface area contributed by atoms with Crippen molar-refractivity contribution in [2.24, 2.45) is 0 Å². The monoisotopic (exact) mass is 290 g/mol. The quantitative estimate of drug-likeness (QED) is 0.733. The van der Waals surface area contributed by atoms with Gasteiger partial charge in [0.25, 0.3) is 0 Å². The Morgan fingerprint density at radius 3 is 2.67 bits per heavy atom. The molecule has 4 heteroatoms. The third-order valence-electron chi connectivity index (χ3n) is 3.54. The minimum Gasteiger partial charge on any atom is -0.383 e. The SMILES string of the molecule is COCCNCC(C)NCc1ccc(F)c2ccccc12. The van der Waals surface area contributed by atoms with Crippen molar-refractivity contribution in [2.75, 3.05) is 26.8 Å². The van der Waals surface area contributed by atoms with E-state index in [4.69, 9.17) is 4.74 Å². The van der Waals surface area contributed by atoms with Crippen LogP contribution in [0.15, 0.2) is 36.4 Å². The van der Waals surface area contributed by atoms with Gasteiger partial charge >= 0.3 is 0 Å². The third-order valence-corrected chi connectivity index (χ3v) is 3.54.